The Labute approximate surface area is 108 Å². The van der Waals surface area contributed by atoms with Crippen LogP contribution in [0.15, 0.2) is 4.52 Å². The monoisotopic (exact) mass is 253 g/mol. The molecule has 1 unspecified atom stereocenters. The minimum absolute atomic E-state index is 0.153. The lowest BCUT2D eigenvalue weighted by molar-refractivity contribution is -0.0858. The van der Waals surface area contributed by atoms with E-state index >= 15 is 0 Å². The van der Waals surface area contributed by atoms with Gasteiger partial charge >= 0.3 is 0 Å². The highest BCUT2D eigenvalue weighted by atomic mass is 16.5. The molecular weight excluding hydrogens is 230 g/mol. The van der Waals surface area contributed by atoms with Crippen molar-refractivity contribution < 1.29 is 9.26 Å². The molecular formula is C13H23N3O2. The van der Waals surface area contributed by atoms with Crippen LogP contribution in [0.5, 0.6) is 0 Å². The van der Waals surface area contributed by atoms with Crippen molar-refractivity contribution in [1.82, 2.24) is 10.1 Å². The van der Waals surface area contributed by atoms with Crippen molar-refractivity contribution >= 4 is 0 Å². The summed E-state index contributed by atoms with van der Waals surface area (Å²) in [7, 11) is 1.71. The van der Waals surface area contributed by atoms with Gasteiger partial charge in [0.05, 0.1) is 5.92 Å². The number of aromatic nitrogens is 2. The van der Waals surface area contributed by atoms with Crippen molar-refractivity contribution in [2.24, 2.45) is 11.7 Å². The van der Waals surface area contributed by atoms with Crippen LogP contribution in [0.2, 0.25) is 0 Å². The number of ether oxygens (including phenoxy) is 1. The molecule has 1 saturated carbocycles. The summed E-state index contributed by atoms with van der Waals surface area (Å²) in [5.74, 6) is 2.06. The van der Waals surface area contributed by atoms with Crippen molar-refractivity contribution in [2.75, 3.05) is 13.7 Å². The number of nitrogens with two attached hydrogens (primary N) is 1. The standard InChI is InChI=1S/C13H23N3O2/c1-9(2)7-10(8-14)11-15-12(16-18-11)13(17-3)5-4-6-13/h9-10H,4-8,14H2,1-3H3. The van der Waals surface area contributed by atoms with Crippen LogP contribution in [0.3, 0.4) is 0 Å². The summed E-state index contributed by atoms with van der Waals surface area (Å²) in [6, 6.07) is 0. The Kier molecular flexibility index (Phi) is 4.02. The molecule has 1 atom stereocenters. The molecule has 2 N–H and O–H groups in total. The van der Waals surface area contributed by atoms with E-state index in [9.17, 15) is 0 Å². The zero-order chi connectivity index (χ0) is 13.2. The zero-order valence-corrected chi connectivity index (χ0v) is 11.5. The van der Waals surface area contributed by atoms with E-state index < -0.39 is 0 Å². The topological polar surface area (TPSA) is 74.2 Å². The molecule has 1 aliphatic carbocycles. The Hall–Kier alpha value is -0.940. The molecule has 18 heavy (non-hydrogen) atoms. The van der Waals surface area contributed by atoms with E-state index in [4.69, 9.17) is 15.0 Å². The van der Waals surface area contributed by atoms with Gasteiger partial charge in [0.2, 0.25) is 11.7 Å². The highest BCUT2D eigenvalue weighted by molar-refractivity contribution is 5.08. The molecule has 0 radical (unpaired) electrons. The number of nitrogens with zero attached hydrogens (tertiary/aromatic N) is 2. The number of hydrogen-bond donors (Lipinski definition) is 1. The largest absolute Gasteiger partial charge is 0.370 e. The third kappa shape index (κ3) is 2.42. The highest BCUT2D eigenvalue weighted by Crippen LogP contribution is 2.43. The summed E-state index contributed by atoms with van der Waals surface area (Å²) in [5.41, 5.74) is 5.48. The van der Waals surface area contributed by atoms with Crippen LogP contribution in [-0.4, -0.2) is 23.8 Å². The van der Waals surface area contributed by atoms with E-state index in [0.717, 1.165) is 25.7 Å². The maximum absolute atomic E-state index is 5.79. The summed E-state index contributed by atoms with van der Waals surface area (Å²) >= 11 is 0. The van der Waals surface area contributed by atoms with Crippen molar-refractivity contribution in [3.05, 3.63) is 11.7 Å². The molecule has 0 aromatic carbocycles. The van der Waals surface area contributed by atoms with Gasteiger partial charge in [-0.2, -0.15) is 4.98 Å². The SMILES string of the molecule is COC1(c2noc(C(CN)CC(C)C)n2)CCC1. The number of methoxy groups -OCH3 is 1. The second-order valence-electron chi connectivity index (χ2n) is 5.57. The predicted octanol–water partition coefficient (Wildman–Crippen LogP) is 2.18. The van der Waals surface area contributed by atoms with Gasteiger partial charge in [0.1, 0.15) is 5.60 Å². The van der Waals surface area contributed by atoms with Crippen LogP contribution in [0, 0.1) is 5.92 Å². The first-order valence-corrected chi connectivity index (χ1v) is 6.70. The molecule has 0 saturated heterocycles. The Morgan fingerprint density at radius 3 is 2.61 bits per heavy atom. The fourth-order valence-corrected chi connectivity index (χ4v) is 2.47. The summed E-state index contributed by atoms with van der Waals surface area (Å²) in [6.45, 7) is 4.88. The highest BCUT2D eigenvalue weighted by Gasteiger charge is 2.43. The van der Waals surface area contributed by atoms with Gasteiger partial charge in [-0.1, -0.05) is 19.0 Å². The van der Waals surface area contributed by atoms with E-state index in [1.807, 2.05) is 0 Å². The van der Waals surface area contributed by atoms with Crippen LogP contribution >= 0.6 is 0 Å². The smallest absolute Gasteiger partial charge is 0.231 e. The second kappa shape index (κ2) is 5.36. The van der Waals surface area contributed by atoms with Crippen LogP contribution in [0.1, 0.15) is 57.2 Å². The Balaban J connectivity index is 2.13. The van der Waals surface area contributed by atoms with E-state index in [-0.39, 0.29) is 11.5 Å². The van der Waals surface area contributed by atoms with Gasteiger partial charge in [-0.3, -0.25) is 0 Å². The second-order valence-corrected chi connectivity index (χ2v) is 5.57. The first-order valence-electron chi connectivity index (χ1n) is 6.70. The van der Waals surface area contributed by atoms with E-state index in [1.165, 1.54) is 0 Å². The lowest BCUT2D eigenvalue weighted by atomic mass is 9.79. The lowest BCUT2D eigenvalue weighted by Gasteiger charge is -2.37. The summed E-state index contributed by atoms with van der Waals surface area (Å²) in [4.78, 5) is 4.52. The minimum atomic E-state index is -0.307. The molecule has 0 spiro atoms. The van der Waals surface area contributed by atoms with E-state index in [2.05, 4.69) is 24.0 Å². The Morgan fingerprint density at radius 2 is 2.17 bits per heavy atom. The fraction of sp³-hybridized carbons (Fsp3) is 0.846. The van der Waals surface area contributed by atoms with E-state index in [0.29, 0.717) is 24.2 Å². The van der Waals surface area contributed by atoms with Gasteiger partial charge in [0.15, 0.2) is 0 Å². The molecule has 5 heteroatoms. The van der Waals surface area contributed by atoms with Crippen molar-refractivity contribution in [3.63, 3.8) is 0 Å². The molecule has 102 valence electrons. The molecule has 2 rings (SSSR count). The van der Waals surface area contributed by atoms with Gasteiger partial charge in [0.25, 0.3) is 0 Å². The molecule has 0 amide bonds. The molecule has 5 nitrogen and oxygen atoms in total. The van der Waals surface area contributed by atoms with Crippen LogP contribution in [-0.2, 0) is 10.3 Å². The van der Waals surface area contributed by atoms with Gasteiger partial charge in [-0.25, -0.2) is 0 Å². The van der Waals surface area contributed by atoms with Crippen molar-refractivity contribution in [1.29, 1.82) is 0 Å². The van der Waals surface area contributed by atoms with Gasteiger partial charge in [-0.15, -0.1) is 0 Å². The first-order chi connectivity index (χ1) is 8.61. The molecule has 1 aliphatic rings. The van der Waals surface area contributed by atoms with Crippen LogP contribution in [0.4, 0.5) is 0 Å². The average molecular weight is 253 g/mol. The number of rotatable bonds is 6. The average Bonchev–Trinajstić information content (AvgIpc) is 2.74. The molecule has 1 aromatic rings. The number of hydrogen-bond acceptors (Lipinski definition) is 5. The van der Waals surface area contributed by atoms with Crippen LogP contribution in [0.25, 0.3) is 0 Å². The third-order valence-electron chi connectivity index (χ3n) is 3.79. The Morgan fingerprint density at radius 1 is 1.44 bits per heavy atom. The van der Waals surface area contributed by atoms with E-state index in [1.54, 1.807) is 7.11 Å². The van der Waals surface area contributed by atoms with Gasteiger partial charge in [0, 0.05) is 13.7 Å². The molecule has 1 heterocycles. The van der Waals surface area contributed by atoms with Crippen molar-refractivity contribution in [2.45, 2.75) is 51.0 Å². The minimum Gasteiger partial charge on any atom is -0.370 e. The lowest BCUT2D eigenvalue weighted by Crippen LogP contribution is -2.37. The molecule has 1 fully saturated rings. The maximum atomic E-state index is 5.79. The summed E-state index contributed by atoms with van der Waals surface area (Å²) < 4.78 is 10.9. The fourth-order valence-electron chi connectivity index (χ4n) is 2.47. The predicted molar refractivity (Wildman–Crippen MR) is 68.1 cm³/mol. The van der Waals surface area contributed by atoms with Crippen molar-refractivity contribution in [3.8, 4) is 0 Å². The molecule has 1 aromatic heterocycles. The molecule has 0 aliphatic heterocycles. The maximum Gasteiger partial charge on any atom is 0.231 e. The van der Waals surface area contributed by atoms with Gasteiger partial charge < -0.3 is 15.0 Å². The summed E-state index contributed by atoms with van der Waals surface area (Å²) in [5, 5.41) is 4.09. The third-order valence-corrected chi connectivity index (χ3v) is 3.79. The zero-order valence-electron chi connectivity index (χ0n) is 11.5. The first kappa shape index (κ1) is 13.5. The summed E-state index contributed by atoms with van der Waals surface area (Å²) in [6.07, 6.45) is 4.07. The van der Waals surface area contributed by atoms with Gasteiger partial charge in [-0.05, 0) is 31.6 Å². The normalized spacial score (nSPS) is 19.8. The quantitative estimate of drug-likeness (QED) is 0.841. The molecule has 0 bridgehead atoms. The van der Waals surface area contributed by atoms with Crippen LogP contribution < -0.4 is 5.73 Å². The Bertz CT molecular complexity index is 380.